The molecule has 3 aromatic rings. The highest BCUT2D eigenvalue weighted by molar-refractivity contribution is 5.26. The van der Waals surface area contributed by atoms with E-state index in [0.29, 0.717) is 6.54 Å². The molecule has 0 amide bonds. The van der Waals surface area contributed by atoms with Crippen LogP contribution < -0.4 is 5.32 Å². The number of benzene rings is 2. The molecular weight excluding hydrogens is 296 g/mol. The number of nitrogens with zero attached hydrogens (tertiary/aromatic N) is 2. The van der Waals surface area contributed by atoms with E-state index in [9.17, 15) is 8.78 Å². The molecule has 2 aromatic carbocycles. The Balaban J connectivity index is 1.88. The molecule has 3 nitrogen and oxygen atoms in total. The van der Waals surface area contributed by atoms with Crippen LogP contribution in [0.4, 0.5) is 8.78 Å². The Labute approximate surface area is 133 Å². The fourth-order valence-electron chi connectivity index (χ4n) is 2.57. The van der Waals surface area contributed by atoms with Gasteiger partial charge < -0.3 is 4.57 Å². The summed E-state index contributed by atoms with van der Waals surface area (Å²) in [6, 6.07) is 12.5. The van der Waals surface area contributed by atoms with Crippen molar-refractivity contribution in [2.24, 2.45) is 7.05 Å². The van der Waals surface area contributed by atoms with E-state index in [0.717, 1.165) is 17.0 Å². The molecule has 0 aliphatic heterocycles. The van der Waals surface area contributed by atoms with Crippen LogP contribution in [0.1, 0.15) is 23.0 Å². The van der Waals surface area contributed by atoms with Gasteiger partial charge in [-0.1, -0.05) is 24.3 Å². The van der Waals surface area contributed by atoms with Crippen LogP contribution >= 0.6 is 0 Å². The third-order valence-corrected chi connectivity index (χ3v) is 3.70. The molecule has 1 atom stereocenters. The van der Waals surface area contributed by atoms with Crippen LogP contribution in [0.15, 0.2) is 60.9 Å². The largest absolute Gasteiger partial charge is 0.336 e. The lowest BCUT2D eigenvalue weighted by atomic mass is 10.1. The smallest absolute Gasteiger partial charge is 0.130 e. The van der Waals surface area contributed by atoms with Gasteiger partial charge >= 0.3 is 0 Å². The normalized spacial score (nSPS) is 12.3. The zero-order valence-electron chi connectivity index (χ0n) is 12.7. The maximum atomic E-state index is 13.6. The number of aryl methyl sites for hydroxylation is 1. The van der Waals surface area contributed by atoms with Crippen molar-refractivity contribution in [3.8, 4) is 0 Å². The summed E-state index contributed by atoms with van der Waals surface area (Å²) in [6.45, 7) is 0.450. The Morgan fingerprint density at radius 1 is 1.09 bits per heavy atom. The third-order valence-electron chi connectivity index (χ3n) is 3.70. The number of rotatable bonds is 5. The third kappa shape index (κ3) is 3.63. The summed E-state index contributed by atoms with van der Waals surface area (Å²) in [5, 5.41) is 3.33. The summed E-state index contributed by atoms with van der Waals surface area (Å²) in [4.78, 5) is 4.36. The Morgan fingerprint density at radius 3 is 2.48 bits per heavy atom. The predicted molar refractivity (Wildman–Crippen MR) is 84.7 cm³/mol. The van der Waals surface area contributed by atoms with Crippen LogP contribution in [0, 0.1) is 11.6 Å². The minimum absolute atomic E-state index is 0.274. The molecule has 0 radical (unpaired) electrons. The Morgan fingerprint density at radius 2 is 1.83 bits per heavy atom. The molecule has 1 heterocycles. The molecular formula is C18H17F2N3. The molecule has 0 aliphatic carbocycles. The Hall–Kier alpha value is -2.53. The minimum atomic E-state index is -0.297. The van der Waals surface area contributed by atoms with Crippen LogP contribution in [0.25, 0.3) is 0 Å². The molecule has 23 heavy (non-hydrogen) atoms. The Bertz CT molecular complexity index is 798. The molecule has 118 valence electrons. The van der Waals surface area contributed by atoms with Crippen LogP contribution in [0.3, 0.4) is 0 Å². The van der Waals surface area contributed by atoms with E-state index in [4.69, 9.17) is 0 Å². The number of imidazole rings is 1. The van der Waals surface area contributed by atoms with Crippen molar-refractivity contribution < 1.29 is 8.78 Å². The fraction of sp³-hybridized carbons (Fsp3) is 0.167. The van der Waals surface area contributed by atoms with E-state index >= 15 is 0 Å². The van der Waals surface area contributed by atoms with Gasteiger partial charge in [-0.3, -0.25) is 5.32 Å². The van der Waals surface area contributed by atoms with Crippen molar-refractivity contribution >= 4 is 0 Å². The van der Waals surface area contributed by atoms with Gasteiger partial charge in [-0.25, -0.2) is 13.8 Å². The summed E-state index contributed by atoms with van der Waals surface area (Å²) in [5.74, 6) is 0.199. The van der Waals surface area contributed by atoms with E-state index in [1.807, 2.05) is 29.9 Å². The van der Waals surface area contributed by atoms with Crippen molar-refractivity contribution in [3.63, 3.8) is 0 Å². The first kappa shape index (κ1) is 15.4. The first-order valence-electron chi connectivity index (χ1n) is 7.34. The zero-order valence-corrected chi connectivity index (χ0v) is 12.7. The number of nitrogens with one attached hydrogen (secondary N) is 1. The van der Waals surface area contributed by atoms with Crippen molar-refractivity contribution in [3.05, 3.63) is 89.5 Å². The summed E-state index contributed by atoms with van der Waals surface area (Å²) in [5.41, 5.74) is 1.59. The molecule has 1 N–H and O–H groups in total. The number of hydrogen-bond acceptors (Lipinski definition) is 2. The summed E-state index contributed by atoms with van der Waals surface area (Å²) < 4.78 is 28.8. The van der Waals surface area contributed by atoms with Crippen molar-refractivity contribution in [2.75, 3.05) is 0 Å². The SMILES string of the molecule is Cn1ccnc1[C@H](NCc1cccc(F)c1)c1cccc(F)c1. The highest BCUT2D eigenvalue weighted by Crippen LogP contribution is 2.22. The quantitative estimate of drug-likeness (QED) is 0.780. The second-order valence-corrected chi connectivity index (χ2v) is 5.40. The van der Waals surface area contributed by atoms with Crippen LogP contribution in [-0.2, 0) is 13.6 Å². The number of hydrogen-bond donors (Lipinski definition) is 1. The van der Waals surface area contributed by atoms with Crippen molar-refractivity contribution in [2.45, 2.75) is 12.6 Å². The molecule has 0 saturated carbocycles. The lowest BCUT2D eigenvalue weighted by Crippen LogP contribution is -2.25. The van der Waals surface area contributed by atoms with Gasteiger partial charge in [0.1, 0.15) is 17.5 Å². The van der Waals surface area contributed by atoms with E-state index in [-0.39, 0.29) is 17.7 Å². The Kier molecular flexibility index (Phi) is 4.48. The molecule has 0 unspecified atom stereocenters. The van der Waals surface area contributed by atoms with Gasteiger partial charge in [-0.15, -0.1) is 0 Å². The molecule has 0 aliphatic rings. The molecule has 0 spiro atoms. The average Bonchev–Trinajstić information content (AvgIpc) is 2.94. The molecule has 1 aromatic heterocycles. The number of aromatic nitrogens is 2. The highest BCUT2D eigenvalue weighted by Gasteiger charge is 2.18. The fourth-order valence-corrected chi connectivity index (χ4v) is 2.57. The maximum absolute atomic E-state index is 13.6. The lowest BCUT2D eigenvalue weighted by Gasteiger charge is -2.19. The molecule has 0 saturated heterocycles. The second kappa shape index (κ2) is 6.71. The van der Waals surface area contributed by atoms with Gasteiger partial charge in [-0.2, -0.15) is 0 Å². The van der Waals surface area contributed by atoms with Crippen molar-refractivity contribution in [1.82, 2.24) is 14.9 Å². The number of halogens is 2. The maximum Gasteiger partial charge on any atom is 0.130 e. The van der Waals surface area contributed by atoms with E-state index in [1.165, 1.54) is 24.3 Å². The second-order valence-electron chi connectivity index (χ2n) is 5.40. The monoisotopic (exact) mass is 313 g/mol. The molecule has 3 rings (SSSR count). The van der Waals surface area contributed by atoms with E-state index in [1.54, 1.807) is 18.3 Å². The van der Waals surface area contributed by atoms with E-state index in [2.05, 4.69) is 10.3 Å². The average molecular weight is 313 g/mol. The topological polar surface area (TPSA) is 29.9 Å². The van der Waals surface area contributed by atoms with Gasteiger partial charge in [0, 0.05) is 26.0 Å². The standard InChI is InChI=1S/C18H17F2N3/c1-23-9-8-21-18(23)17(14-5-3-7-16(20)11-14)22-12-13-4-2-6-15(19)10-13/h2-11,17,22H,12H2,1H3/t17-/m1/s1. The zero-order chi connectivity index (χ0) is 16.2. The lowest BCUT2D eigenvalue weighted by molar-refractivity contribution is 0.548. The summed E-state index contributed by atoms with van der Waals surface area (Å²) >= 11 is 0. The summed E-state index contributed by atoms with van der Waals surface area (Å²) in [7, 11) is 1.89. The highest BCUT2D eigenvalue weighted by atomic mass is 19.1. The van der Waals surface area contributed by atoms with Crippen LogP contribution in [0.5, 0.6) is 0 Å². The van der Waals surface area contributed by atoms with Crippen LogP contribution in [-0.4, -0.2) is 9.55 Å². The first-order chi connectivity index (χ1) is 11.1. The minimum Gasteiger partial charge on any atom is -0.336 e. The van der Waals surface area contributed by atoms with Gasteiger partial charge in [-0.05, 0) is 35.4 Å². The van der Waals surface area contributed by atoms with Crippen LogP contribution in [0.2, 0.25) is 0 Å². The first-order valence-corrected chi connectivity index (χ1v) is 7.34. The van der Waals surface area contributed by atoms with Gasteiger partial charge in [0.25, 0.3) is 0 Å². The molecule has 5 heteroatoms. The summed E-state index contributed by atoms with van der Waals surface area (Å²) in [6.07, 6.45) is 3.54. The molecule has 0 bridgehead atoms. The van der Waals surface area contributed by atoms with Gasteiger partial charge in [0.05, 0.1) is 6.04 Å². The van der Waals surface area contributed by atoms with Gasteiger partial charge in [0.15, 0.2) is 0 Å². The van der Waals surface area contributed by atoms with E-state index < -0.39 is 0 Å². The molecule has 0 fully saturated rings. The predicted octanol–water partition coefficient (Wildman–Crippen LogP) is 3.58. The van der Waals surface area contributed by atoms with Crippen molar-refractivity contribution in [1.29, 1.82) is 0 Å². The van der Waals surface area contributed by atoms with Gasteiger partial charge in [0.2, 0.25) is 0 Å².